The molecule has 0 spiro atoms. The Morgan fingerprint density at radius 3 is 2.69 bits per heavy atom. The second kappa shape index (κ2) is 4.53. The number of nitrogens with two attached hydrogens (primary N) is 1. The van der Waals surface area contributed by atoms with E-state index in [0.717, 1.165) is 36.6 Å². The number of benzene rings is 1. The number of para-hydroxylation sites is 1. The summed E-state index contributed by atoms with van der Waals surface area (Å²) in [6.45, 7) is 6.97. The van der Waals surface area contributed by atoms with Gasteiger partial charge >= 0.3 is 0 Å². The molecule has 0 atom stereocenters. The predicted octanol–water partition coefficient (Wildman–Crippen LogP) is 2.25. The zero-order chi connectivity index (χ0) is 11.5. The molecule has 1 heterocycles. The number of fused-ring (bicyclic) bond motifs is 1. The third-order valence-electron chi connectivity index (χ3n) is 2.75. The standard InChI is InChI=1S/C12H17N3O/c1-3-15(4-2)8-11-14-12-9(13)6-5-7-10(12)16-11/h5-7H,3-4,8,13H2,1-2H3. The molecule has 0 aliphatic carbocycles. The molecule has 0 fully saturated rings. The lowest BCUT2D eigenvalue weighted by molar-refractivity contribution is 0.266. The van der Waals surface area contributed by atoms with Gasteiger partial charge in [0, 0.05) is 0 Å². The SMILES string of the molecule is CCN(CC)Cc1nc2c(N)cccc2o1. The van der Waals surface area contributed by atoms with Crippen molar-refractivity contribution in [3.8, 4) is 0 Å². The Hall–Kier alpha value is -1.55. The van der Waals surface area contributed by atoms with Gasteiger partial charge in [-0.2, -0.15) is 0 Å². The van der Waals surface area contributed by atoms with E-state index in [-0.39, 0.29) is 0 Å². The lowest BCUT2D eigenvalue weighted by atomic mass is 10.3. The average Bonchev–Trinajstić information content (AvgIpc) is 2.70. The molecule has 16 heavy (non-hydrogen) atoms. The average molecular weight is 219 g/mol. The molecule has 2 rings (SSSR count). The topological polar surface area (TPSA) is 55.3 Å². The van der Waals surface area contributed by atoms with E-state index < -0.39 is 0 Å². The summed E-state index contributed by atoms with van der Waals surface area (Å²) < 4.78 is 5.65. The van der Waals surface area contributed by atoms with Gasteiger partial charge in [-0.25, -0.2) is 4.98 Å². The molecule has 4 heteroatoms. The van der Waals surface area contributed by atoms with Crippen LogP contribution in [0.25, 0.3) is 11.1 Å². The first-order valence-electron chi connectivity index (χ1n) is 5.60. The highest BCUT2D eigenvalue weighted by Crippen LogP contribution is 2.21. The van der Waals surface area contributed by atoms with Crippen molar-refractivity contribution in [3.05, 3.63) is 24.1 Å². The van der Waals surface area contributed by atoms with E-state index >= 15 is 0 Å². The van der Waals surface area contributed by atoms with Crippen LogP contribution in [0, 0.1) is 0 Å². The molecule has 0 aliphatic heterocycles. The van der Waals surface area contributed by atoms with Gasteiger partial charge in [0.1, 0.15) is 5.52 Å². The largest absolute Gasteiger partial charge is 0.439 e. The number of aromatic nitrogens is 1. The highest BCUT2D eigenvalue weighted by atomic mass is 16.3. The van der Waals surface area contributed by atoms with Crippen molar-refractivity contribution in [2.45, 2.75) is 20.4 Å². The van der Waals surface area contributed by atoms with E-state index in [1.165, 1.54) is 0 Å². The Balaban J connectivity index is 2.29. The molecule has 1 aromatic heterocycles. The molecule has 0 unspecified atom stereocenters. The summed E-state index contributed by atoms with van der Waals surface area (Å²) in [5.74, 6) is 0.733. The van der Waals surface area contributed by atoms with Crippen molar-refractivity contribution in [2.75, 3.05) is 18.8 Å². The van der Waals surface area contributed by atoms with Gasteiger partial charge in [-0.1, -0.05) is 19.9 Å². The van der Waals surface area contributed by atoms with E-state index in [1.54, 1.807) is 0 Å². The Labute approximate surface area is 95.1 Å². The number of hydrogen-bond acceptors (Lipinski definition) is 4. The minimum absolute atomic E-state index is 0.673. The second-order valence-electron chi connectivity index (χ2n) is 3.76. The summed E-state index contributed by atoms with van der Waals surface area (Å²) in [4.78, 5) is 6.67. The van der Waals surface area contributed by atoms with Crippen molar-refractivity contribution in [3.63, 3.8) is 0 Å². The fourth-order valence-electron chi connectivity index (χ4n) is 1.72. The van der Waals surface area contributed by atoms with Crippen LogP contribution in [0.4, 0.5) is 5.69 Å². The van der Waals surface area contributed by atoms with E-state index in [9.17, 15) is 0 Å². The molecule has 0 radical (unpaired) electrons. The second-order valence-corrected chi connectivity index (χ2v) is 3.76. The Morgan fingerprint density at radius 2 is 2.06 bits per heavy atom. The molecular formula is C12H17N3O. The van der Waals surface area contributed by atoms with E-state index in [2.05, 4.69) is 23.7 Å². The van der Waals surface area contributed by atoms with E-state index in [0.29, 0.717) is 5.69 Å². The van der Waals surface area contributed by atoms with Crippen LogP contribution in [0.3, 0.4) is 0 Å². The molecule has 0 aliphatic rings. The van der Waals surface area contributed by atoms with Crippen LogP contribution in [-0.2, 0) is 6.54 Å². The van der Waals surface area contributed by atoms with E-state index in [4.69, 9.17) is 10.2 Å². The first kappa shape index (κ1) is 11.0. The van der Waals surface area contributed by atoms with Crippen molar-refractivity contribution in [2.24, 2.45) is 0 Å². The van der Waals surface area contributed by atoms with Gasteiger partial charge in [0.25, 0.3) is 0 Å². The van der Waals surface area contributed by atoms with Crippen molar-refractivity contribution < 1.29 is 4.42 Å². The van der Waals surface area contributed by atoms with Crippen LogP contribution in [0.1, 0.15) is 19.7 Å². The van der Waals surface area contributed by atoms with Gasteiger partial charge in [0.2, 0.25) is 5.89 Å². The Kier molecular flexibility index (Phi) is 3.10. The number of oxazole rings is 1. The molecule has 2 aromatic rings. The number of nitrogen functional groups attached to an aromatic ring is 1. The highest BCUT2D eigenvalue weighted by molar-refractivity contribution is 5.85. The number of nitrogens with zero attached hydrogens (tertiary/aromatic N) is 2. The fourth-order valence-corrected chi connectivity index (χ4v) is 1.72. The Bertz CT molecular complexity index is 474. The summed E-state index contributed by atoms with van der Waals surface area (Å²) in [6.07, 6.45) is 0. The quantitative estimate of drug-likeness (QED) is 0.801. The summed E-state index contributed by atoms with van der Waals surface area (Å²) >= 11 is 0. The van der Waals surface area contributed by atoms with Gasteiger partial charge in [0.15, 0.2) is 5.58 Å². The number of hydrogen-bond donors (Lipinski definition) is 1. The molecule has 4 nitrogen and oxygen atoms in total. The summed E-state index contributed by atoms with van der Waals surface area (Å²) in [5.41, 5.74) is 8.04. The number of anilines is 1. The maximum atomic E-state index is 5.83. The molecule has 0 saturated heterocycles. The zero-order valence-corrected chi connectivity index (χ0v) is 9.73. The number of rotatable bonds is 4. The molecule has 2 N–H and O–H groups in total. The normalized spacial score (nSPS) is 11.4. The monoisotopic (exact) mass is 219 g/mol. The third-order valence-corrected chi connectivity index (χ3v) is 2.75. The first-order chi connectivity index (χ1) is 7.74. The summed E-state index contributed by atoms with van der Waals surface area (Å²) in [7, 11) is 0. The first-order valence-corrected chi connectivity index (χ1v) is 5.60. The van der Waals surface area contributed by atoms with Crippen LogP contribution in [0.2, 0.25) is 0 Å². The van der Waals surface area contributed by atoms with Gasteiger partial charge < -0.3 is 10.2 Å². The maximum absolute atomic E-state index is 5.83. The van der Waals surface area contributed by atoms with Crippen LogP contribution >= 0.6 is 0 Å². The third kappa shape index (κ3) is 2.02. The summed E-state index contributed by atoms with van der Waals surface area (Å²) in [6, 6.07) is 5.61. The molecular weight excluding hydrogens is 202 g/mol. The smallest absolute Gasteiger partial charge is 0.209 e. The minimum atomic E-state index is 0.673. The van der Waals surface area contributed by atoms with Gasteiger partial charge in [-0.3, -0.25) is 4.90 Å². The Morgan fingerprint density at radius 1 is 1.31 bits per heavy atom. The maximum Gasteiger partial charge on any atom is 0.209 e. The van der Waals surface area contributed by atoms with E-state index in [1.807, 2.05) is 18.2 Å². The van der Waals surface area contributed by atoms with Crippen molar-refractivity contribution in [1.29, 1.82) is 0 Å². The van der Waals surface area contributed by atoms with Crippen LogP contribution < -0.4 is 5.73 Å². The molecule has 86 valence electrons. The minimum Gasteiger partial charge on any atom is -0.439 e. The summed E-state index contributed by atoms with van der Waals surface area (Å²) in [5, 5.41) is 0. The fraction of sp³-hybridized carbons (Fsp3) is 0.417. The highest BCUT2D eigenvalue weighted by Gasteiger charge is 2.10. The van der Waals surface area contributed by atoms with Crippen LogP contribution in [0.5, 0.6) is 0 Å². The predicted molar refractivity (Wildman–Crippen MR) is 65.0 cm³/mol. The van der Waals surface area contributed by atoms with Crippen molar-refractivity contribution >= 4 is 16.8 Å². The van der Waals surface area contributed by atoms with Gasteiger partial charge in [0.05, 0.1) is 12.2 Å². The molecule has 0 amide bonds. The lowest BCUT2D eigenvalue weighted by Gasteiger charge is -2.14. The van der Waals surface area contributed by atoms with Gasteiger partial charge in [-0.05, 0) is 25.2 Å². The van der Waals surface area contributed by atoms with Crippen molar-refractivity contribution in [1.82, 2.24) is 9.88 Å². The molecule has 0 bridgehead atoms. The van der Waals surface area contributed by atoms with Gasteiger partial charge in [-0.15, -0.1) is 0 Å². The van der Waals surface area contributed by atoms with Crippen LogP contribution in [-0.4, -0.2) is 23.0 Å². The zero-order valence-electron chi connectivity index (χ0n) is 9.73. The van der Waals surface area contributed by atoms with Crippen LogP contribution in [0.15, 0.2) is 22.6 Å². The lowest BCUT2D eigenvalue weighted by Crippen LogP contribution is -2.22. The molecule has 0 saturated carbocycles. The molecule has 1 aromatic carbocycles.